The lowest BCUT2D eigenvalue weighted by molar-refractivity contribution is -0.117. The molecule has 0 spiro atoms. The molecule has 1 atom stereocenters. The van der Waals surface area contributed by atoms with Gasteiger partial charge in [0.1, 0.15) is 6.04 Å². The molecule has 0 unspecified atom stereocenters. The number of thiocarbonyl (C=S) groups is 1. The van der Waals surface area contributed by atoms with Gasteiger partial charge in [0.2, 0.25) is 0 Å². The Morgan fingerprint density at radius 3 is 2.29 bits per heavy atom. The number of hydrogen-bond acceptors (Lipinski definition) is 2. The maximum atomic E-state index is 11.9. The van der Waals surface area contributed by atoms with Gasteiger partial charge in [0, 0.05) is 0 Å². The average Bonchev–Trinajstić information content (AvgIpc) is 2.53. The minimum absolute atomic E-state index is 0.00676. The van der Waals surface area contributed by atoms with Crippen LogP contribution in [0.15, 0.2) is 24.3 Å². The number of nitrogens with zero attached hydrogens (tertiary/aromatic N) is 1. The second kappa shape index (κ2) is 4.45. The van der Waals surface area contributed by atoms with Crippen LogP contribution in [0.5, 0.6) is 0 Å². The molecule has 4 heteroatoms. The Balaban J connectivity index is 2.29. The molecule has 1 saturated heterocycles. The lowest BCUT2D eigenvalue weighted by Gasteiger charge is -2.15. The number of anilines is 1. The van der Waals surface area contributed by atoms with Gasteiger partial charge >= 0.3 is 0 Å². The minimum atomic E-state index is -0.229. The van der Waals surface area contributed by atoms with Crippen molar-refractivity contribution in [3.05, 3.63) is 29.8 Å². The predicted molar refractivity (Wildman–Crippen MR) is 73.2 cm³/mol. The molecule has 1 heterocycles. The van der Waals surface area contributed by atoms with Gasteiger partial charge in [-0.05, 0) is 42.8 Å². The van der Waals surface area contributed by atoms with Gasteiger partial charge in [-0.15, -0.1) is 0 Å². The largest absolute Gasteiger partial charge is 0.350 e. The van der Waals surface area contributed by atoms with Crippen LogP contribution in [0.4, 0.5) is 5.69 Å². The molecule has 1 N–H and O–H groups in total. The molecule has 0 saturated carbocycles. The van der Waals surface area contributed by atoms with Crippen molar-refractivity contribution in [1.29, 1.82) is 0 Å². The van der Waals surface area contributed by atoms with Crippen LogP contribution in [-0.2, 0) is 4.79 Å². The minimum Gasteiger partial charge on any atom is -0.350 e. The number of nitrogens with one attached hydrogen (secondary N) is 1. The van der Waals surface area contributed by atoms with Crippen LogP contribution in [0.3, 0.4) is 0 Å². The van der Waals surface area contributed by atoms with Crippen LogP contribution in [-0.4, -0.2) is 17.1 Å². The smallest absolute Gasteiger partial charge is 0.255 e. The zero-order valence-corrected chi connectivity index (χ0v) is 11.0. The number of hydrogen-bond donors (Lipinski definition) is 1. The first-order valence-corrected chi connectivity index (χ1v) is 6.16. The van der Waals surface area contributed by atoms with E-state index >= 15 is 0 Å². The maximum Gasteiger partial charge on any atom is 0.255 e. The van der Waals surface area contributed by atoms with Crippen molar-refractivity contribution in [2.24, 2.45) is 0 Å². The second-order valence-corrected chi connectivity index (χ2v) is 4.98. The number of benzene rings is 1. The summed E-state index contributed by atoms with van der Waals surface area (Å²) < 4.78 is 0. The van der Waals surface area contributed by atoms with Crippen molar-refractivity contribution in [3.63, 3.8) is 0 Å². The van der Waals surface area contributed by atoms with Crippen LogP contribution in [0.1, 0.15) is 32.3 Å². The van der Waals surface area contributed by atoms with Crippen molar-refractivity contribution >= 4 is 28.9 Å². The molecular weight excluding hydrogens is 232 g/mol. The van der Waals surface area contributed by atoms with Gasteiger partial charge in [-0.3, -0.25) is 9.69 Å². The Bertz CT molecular complexity index is 453. The fourth-order valence-electron chi connectivity index (χ4n) is 1.86. The third-order valence-corrected chi connectivity index (χ3v) is 3.25. The molecular formula is C13H16N2OS. The summed E-state index contributed by atoms with van der Waals surface area (Å²) >= 11 is 5.16. The predicted octanol–water partition coefficient (Wildman–Crippen LogP) is 2.42. The summed E-state index contributed by atoms with van der Waals surface area (Å²) in [6.45, 7) is 6.10. The molecule has 1 aromatic rings. The van der Waals surface area contributed by atoms with Gasteiger partial charge in [-0.2, -0.15) is 0 Å². The topological polar surface area (TPSA) is 32.3 Å². The van der Waals surface area contributed by atoms with E-state index in [9.17, 15) is 4.79 Å². The van der Waals surface area contributed by atoms with Crippen molar-refractivity contribution in [2.45, 2.75) is 32.7 Å². The van der Waals surface area contributed by atoms with Crippen molar-refractivity contribution in [3.8, 4) is 0 Å². The van der Waals surface area contributed by atoms with E-state index in [0.717, 1.165) is 5.69 Å². The highest BCUT2D eigenvalue weighted by molar-refractivity contribution is 7.80. The monoisotopic (exact) mass is 248 g/mol. The Morgan fingerprint density at radius 1 is 1.29 bits per heavy atom. The Labute approximate surface area is 107 Å². The summed E-state index contributed by atoms with van der Waals surface area (Å²) in [4.78, 5) is 13.5. The van der Waals surface area contributed by atoms with Gasteiger partial charge in [-0.1, -0.05) is 26.0 Å². The third kappa shape index (κ3) is 2.17. The van der Waals surface area contributed by atoms with E-state index < -0.39 is 0 Å². The molecule has 0 bridgehead atoms. The number of rotatable bonds is 2. The zero-order valence-electron chi connectivity index (χ0n) is 10.2. The first-order valence-electron chi connectivity index (χ1n) is 5.75. The third-order valence-electron chi connectivity index (χ3n) is 2.95. The zero-order chi connectivity index (χ0) is 12.6. The molecule has 1 fully saturated rings. The SMILES string of the molecule is CC(C)c1ccc(N2C(=O)[C@@H](C)NC2=S)cc1. The van der Waals surface area contributed by atoms with Crippen molar-refractivity contribution in [1.82, 2.24) is 5.32 Å². The molecule has 1 aliphatic heterocycles. The average molecular weight is 248 g/mol. The number of carbonyl (C=O) groups excluding carboxylic acids is 1. The summed E-state index contributed by atoms with van der Waals surface area (Å²) in [5, 5.41) is 3.45. The highest BCUT2D eigenvalue weighted by atomic mass is 32.1. The van der Waals surface area contributed by atoms with Crippen LogP contribution in [0, 0.1) is 0 Å². The molecule has 1 aromatic carbocycles. The lowest BCUT2D eigenvalue weighted by atomic mass is 10.0. The number of carbonyl (C=O) groups is 1. The summed E-state index contributed by atoms with van der Waals surface area (Å²) in [7, 11) is 0. The van der Waals surface area contributed by atoms with Crippen molar-refractivity contribution < 1.29 is 4.79 Å². The molecule has 3 nitrogen and oxygen atoms in total. The lowest BCUT2D eigenvalue weighted by Crippen LogP contribution is -2.30. The first kappa shape index (κ1) is 12.0. The summed E-state index contributed by atoms with van der Waals surface area (Å²) in [5.41, 5.74) is 2.09. The molecule has 2 rings (SSSR count). The van der Waals surface area contributed by atoms with Crippen molar-refractivity contribution in [2.75, 3.05) is 4.90 Å². The van der Waals surface area contributed by atoms with Gasteiger partial charge in [0.05, 0.1) is 5.69 Å². The van der Waals surface area contributed by atoms with Gasteiger partial charge < -0.3 is 5.32 Å². The van der Waals surface area contributed by atoms with E-state index in [0.29, 0.717) is 11.0 Å². The molecule has 1 amide bonds. The molecule has 0 aromatic heterocycles. The molecule has 0 radical (unpaired) electrons. The van der Waals surface area contributed by atoms with Gasteiger partial charge in [0.15, 0.2) is 5.11 Å². The molecule has 90 valence electrons. The Kier molecular flexibility index (Phi) is 3.15. The molecule has 1 aliphatic rings. The van der Waals surface area contributed by atoms with E-state index in [1.54, 1.807) is 4.90 Å². The van der Waals surface area contributed by atoms with Gasteiger partial charge in [0.25, 0.3) is 5.91 Å². The summed E-state index contributed by atoms with van der Waals surface area (Å²) in [6, 6.07) is 7.74. The quantitative estimate of drug-likeness (QED) is 0.816. The van der Waals surface area contributed by atoms with Crippen LogP contribution in [0.25, 0.3) is 0 Å². The highest BCUT2D eigenvalue weighted by Gasteiger charge is 2.33. The molecule has 0 aliphatic carbocycles. The Morgan fingerprint density at radius 2 is 1.88 bits per heavy atom. The van der Waals surface area contributed by atoms with E-state index in [1.807, 2.05) is 31.2 Å². The van der Waals surface area contributed by atoms with E-state index in [-0.39, 0.29) is 11.9 Å². The first-order chi connectivity index (χ1) is 8.00. The standard InChI is InChI=1S/C13H16N2OS/c1-8(2)10-4-6-11(7-5-10)15-12(16)9(3)14-13(15)17/h4-9H,1-3H3,(H,14,17)/t9-/m1/s1. The van der Waals surface area contributed by atoms with Crippen LogP contribution < -0.4 is 10.2 Å². The number of amides is 1. The van der Waals surface area contributed by atoms with E-state index in [1.165, 1.54) is 5.56 Å². The fraction of sp³-hybridized carbons (Fsp3) is 0.385. The normalized spacial score (nSPS) is 20.0. The second-order valence-electron chi connectivity index (χ2n) is 4.59. The maximum absolute atomic E-state index is 11.9. The van der Waals surface area contributed by atoms with Crippen LogP contribution in [0.2, 0.25) is 0 Å². The molecule has 17 heavy (non-hydrogen) atoms. The van der Waals surface area contributed by atoms with Crippen LogP contribution >= 0.6 is 12.2 Å². The van der Waals surface area contributed by atoms with E-state index in [4.69, 9.17) is 12.2 Å². The summed E-state index contributed by atoms with van der Waals surface area (Å²) in [6.07, 6.45) is 0. The van der Waals surface area contributed by atoms with Gasteiger partial charge in [-0.25, -0.2) is 0 Å². The summed E-state index contributed by atoms with van der Waals surface area (Å²) in [5.74, 6) is 0.495. The van der Waals surface area contributed by atoms with E-state index in [2.05, 4.69) is 19.2 Å². The fourth-order valence-corrected chi connectivity index (χ4v) is 2.23. The highest BCUT2D eigenvalue weighted by Crippen LogP contribution is 2.22. The Hall–Kier alpha value is -1.42.